The minimum absolute atomic E-state index is 0.0291. The molecule has 0 spiro atoms. The van der Waals surface area contributed by atoms with Crippen LogP contribution in [0.25, 0.3) is 0 Å². The number of benzene rings is 1. The Balaban J connectivity index is 2.46. The third-order valence-corrected chi connectivity index (χ3v) is 3.39. The first kappa shape index (κ1) is 16.7. The first-order valence-corrected chi connectivity index (χ1v) is 7.22. The molecule has 1 aromatic rings. The van der Waals surface area contributed by atoms with Crippen molar-refractivity contribution in [3.63, 3.8) is 0 Å². The third kappa shape index (κ3) is 5.72. The fraction of sp³-hybridized carbons (Fsp3) is 0.562. The van der Waals surface area contributed by atoms with Crippen LogP contribution in [0.3, 0.4) is 0 Å². The Labute approximate surface area is 121 Å². The van der Waals surface area contributed by atoms with E-state index in [1.165, 1.54) is 5.56 Å². The van der Waals surface area contributed by atoms with Gasteiger partial charge in [-0.3, -0.25) is 4.79 Å². The third-order valence-electron chi connectivity index (χ3n) is 3.39. The fourth-order valence-electron chi connectivity index (χ4n) is 1.95. The van der Waals surface area contributed by atoms with Crippen molar-refractivity contribution >= 4 is 11.6 Å². The largest absolute Gasteiger partial charge is 0.382 e. The molecule has 0 aliphatic carbocycles. The van der Waals surface area contributed by atoms with E-state index in [1.54, 1.807) is 7.11 Å². The lowest BCUT2D eigenvalue weighted by Gasteiger charge is -2.13. The molecule has 1 rings (SSSR count). The lowest BCUT2D eigenvalue weighted by atomic mass is 10.1. The first-order chi connectivity index (χ1) is 9.56. The average Bonchev–Trinajstić information content (AvgIpc) is 2.45. The van der Waals surface area contributed by atoms with Crippen molar-refractivity contribution < 1.29 is 9.53 Å². The van der Waals surface area contributed by atoms with Crippen molar-refractivity contribution in [3.8, 4) is 0 Å². The summed E-state index contributed by atoms with van der Waals surface area (Å²) in [5.74, 6) is 0.0291. The molecule has 4 heteroatoms. The highest BCUT2D eigenvalue weighted by Gasteiger charge is 2.07. The van der Waals surface area contributed by atoms with Gasteiger partial charge in [-0.2, -0.15) is 0 Å². The lowest BCUT2D eigenvalue weighted by Crippen LogP contribution is -2.18. The summed E-state index contributed by atoms with van der Waals surface area (Å²) in [5, 5.41) is 6.26. The quantitative estimate of drug-likeness (QED) is 0.768. The van der Waals surface area contributed by atoms with Crippen LogP contribution in [0.4, 0.5) is 5.69 Å². The molecule has 0 aliphatic rings. The van der Waals surface area contributed by atoms with Crippen LogP contribution in [-0.4, -0.2) is 25.7 Å². The van der Waals surface area contributed by atoms with E-state index in [0.717, 1.165) is 18.7 Å². The van der Waals surface area contributed by atoms with E-state index in [2.05, 4.69) is 24.5 Å². The molecule has 2 N–H and O–H groups in total. The minimum Gasteiger partial charge on any atom is -0.382 e. The van der Waals surface area contributed by atoms with Crippen LogP contribution < -0.4 is 10.6 Å². The maximum atomic E-state index is 11.8. The Bertz CT molecular complexity index is 403. The van der Waals surface area contributed by atoms with Gasteiger partial charge in [0.2, 0.25) is 5.91 Å². The lowest BCUT2D eigenvalue weighted by molar-refractivity contribution is -0.116. The zero-order valence-electron chi connectivity index (χ0n) is 12.9. The number of methoxy groups -OCH3 is 1. The minimum atomic E-state index is 0.0291. The van der Waals surface area contributed by atoms with Crippen LogP contribution in [0.1, 0.15) is 45.2 Å². The van der Waals surface area contributed by atoms with Crippen LogP contribution in [0.5, 0.6) is 0 Å². The SMILES string of the molecule is CCNC(C)c1ccc(NC(=O)CCC(C)OC)cc1. The van der Waals surface area contributed by atoms with Gasteiger partial charge >= 0.3 is 0 Å². The number of carbonyl (C=O) groups excluding carboxylic acids is 1. The summed E-state index contributed by atoms with van der Waals surface area (Å²) in [6, 6.07) is 8.30. The number of hydrogen-bond donors (Lipinski definition) is 2. The summed E-state index contributed by atoms with van der Waals surface area (Å²) >= 11 is 0. The average molecular weight is 278 g/mol. The summed E-state index contributed by atoms with van der Waals surface area (Å²) < 4.78 is 5.13. The van der Waals surface area contributed by atoms with Crippen molar-refractivity contribution in [1.29, 1.82) is 0 Å². The standard InChI is InChI=1S/C16H26N2O2/c1-5-17-13(3)14-7-9-15(10-8-14)18-16(19)11-6-12(2)20-4/h7-10,12-13,17H,5-6,11H2,1-4H3,(H,18,19). The van der Waals surface area contributed by atoms with Gasteiger partial charge in [-0.25, -0.2) is 0 Å². The monoisotopic (exact) mass is 278 g/mol. The van der Waals surface area contributed by atoms with Gasteiger partial charge in [0.25, 0.3) is 0 Å². The molecule has 0 bridgehead atoms. The maximum Gasteiger partial charge on any atom is 0.224 e. The Morgan fingerprint density at radius 3 is 2.45 bits per heavy atom. The Morgan fingerprint density at radius 1 is 1.25 bits per heavy atom. The van der Waals surface area contributed by atoms with Crippen molar-refractivity contribution in [2.45, 2.75) is 45.8 Å². The molecule has 4 nitrogen and oxygen atoms in total. The predicted molar refractivity (Wildman–Crippen MR) is 82.9 cm³/mol. The summed E-state index contributed by atoms with van der Waals surface area (Å²) in [5.41, 5.74) is 2.06. The highest BCUT2D eigenvalue weighted by Crippen LogP contribution is 2.16. The zero-order valence-corrected chi connectivity index (χ0v) is 12.9. The molecule has 1 amide bonds. The molecular formula is C16H26N2O2. The Morgan fingerprint density at radius 2 is 1.90 bits per heavy atom. The summed E-state index contributed by atoms with van der Waals surface area (Å²) in [7, 11) is 1.66. The number of anilines is 1. The molecule has 2 unspecified atom stereocenters. The molecule has 0 saturated heterocycles. The number of nitrogens with one attached hydrogen (secondary N) is 2. The molecule has 112 valence electrons. The van der Waals surface area contributed by atoms with Crippen molar-refractivity contribution in [1.82, 2.24) is 5.32 Å². The van der Waals surface area contributed by atoms with Crippen molar-refractivity contribution in [2.24, 2.45) is 0 Å². The van der Waals surface area contributed by atoms with Crippen molar-refractivity contribution in [2.75, 3.05) is 19.0 Å². The Kier molecular flexibility index (Phi) is 7.26. The second-order valence-electron chi connectivity index (χ2n) is 5.03. The van der Waals surface area contributed by atoms with Crippen LogP contribution in [-0.2, 0) is 9.53 Å². The molecule has 1 aromatic carbocycles. The number of hydrogen-bond acceptors (Lipinski definition) is 3. The van der Waals surface area contributed by atoms with E-state index in [0.29, 0.717) is 12.5 Å². The second-order valence-corrected chi connectivity index (χ2v) is 5.03. The summed E-state index contributed by atoms with van der Waals surface area (Å²) in [4.78, 5) is 11.8. The van der Waals surface area contributed by atoms with E-state index in [9.17, 15) is 4.79 Å². The highest BCUT2D eigenvalue weighted by atomic mass is 16.5. The van der Waals surface area contributed by atoms with Crippen molar-refractivity contribution in [3.05, 3.63) is 29.8 Å². The molecule has 0 saturated carbocycles. The molecule has 2 atom stereocenters. The fourth-order valence-corrected chi connectivity index (χ4v) is 1.95. The number of rotatable bonds is 8. The van der Waals surface area contributed by atoms with Gasteiger partial charge in [0.1, 0.15) is 0 Å². The zero-order chi connectivity index (χ0) is 15.0. The van der Waals surface area contributed by atoms with Gasteiger partial charge < -0.3 is 15.4 Å². The van der Waals surface area contributed by atoms with Crippen LogP contribution in [0.15, 0.2) is 24.3 Å². The van der Waals surface area contributed by atoms with E-state index < -0.39 is 0 Å². The molecule has 0 heterocycles. The molecule has 0 radical (unpaired) electrons. The van der Waals surface area contributed by atoms with Gasteiger partial charge in [0.15, 0.2) is 0 Å². The van der Waals surface area contributed by atoms with Gasteiger partial charge in [0.05, 0.1) is 6.10 Å². The van der Waals surface area contributed by atoms with Crippen LogP contribution in [0, 0.1) is 0 Å². The van der Waals surface area contributed by atoms with E-state index in [1.807, 2.05) is 31.2 Å². The molecule has 20 heavy (non-hydrogen) atoms. The molecule has 0 aromatic heterocycles. The molecule has 0 fully saturated rings. The highest BCUT2D eigenvalue weighted by molar-refractivity contribution is 5.90. The van der Waals surface area contributed by atoms with E-state index >= 15 is 0 Å². The molecular weight excluding hydrogens is 252 g/mol. The summed E-state index contributed by atoms with van der Waals surface area (Å²) in [6.07, 6.45) is 1.33. The van der Waals surface area contributed by atoms with Gasteiger partial charge in [0, 0.05) is 25.3 Å². The second kappa shape index (κ2) is 8.72. The number of carbonyl (C=O) groups is 1. The van der Waals surface area contributed by atoms with Gasteiger partial charge in [-0.15, -0.1) is 0 Å². The Hall–Kier alpha value is -1.39. The number of amides is 1. The smallest absolute Gasteiger partial charge is 0.224 e. The maximum absolute atomic E-state index is 11.8. The predicted octanol–water partition coefficient (Wildman–Crippen LogP) is 3.11. The van der Waals surface area contributed by atoms with Crippen LogP contribution >= 0.6 is 0 Å². The van der Waals surface area contributed by atoms with E-state index in [-0.39, 0.29) is 12.0 Å². The van der Waals surface area contributed by atoms with Crippen LogP contribution in [0.2, 0.25) is 0 Å². The van der Waals surface area contributed by atoms with Gasteiger partial charge in [-0.05, 0) is 44.5 Å². The summed E-state index contributed by atoms with van der Waals surface area (Å²) in [6.45, 7) is 7.12. The topological polar surface area (TPSA) is 50.4 Å². The normalized spacial score (nSPS) is 13.8. The molecule has 0 aliphatic heterocycles. The van der Waals surface area contributed by atoms with Gasteiger partial charge in [-0.1, -0.05) is 19.1 Å². The van der Waals surface area contributed by atoms with E-state index in [4.69, 9.17) is 4.74 Å². The first-order valence-electron chi connectivity index (χ1n) is 7.22. The number of ether oxygens (including phenoxy) is 1.